The third-order valence-electron chi connectivity index (χ3n) is 2.83. The zero-order valence-corrected chi connectivity index (χ0v) is 12.1. The fraction of sp³-hybridized carbons (Fsp3) is 0.214. The van der Waals surface area contributed by atoms with E-state index in [1.807, 2.05) is 17.5 Å². The molecule has 1 heterocycles. The summed E-state index contributed by atoms with van der Waals surface area (Å²) in [5, 5.41) is 1.87. The van der Waals surface area contributed by atoms with Gasteiger partial charge in [-0.15, -0.1) is 24.0 Å². The molecular formula is C14H15NOS2. The van der Waals surface area contributed by atoms with Gasteiger partial charge in [0.2, 0.25) is 0 Å². The molecule has 0 spiro atoms. The predicted molar refractivity (Wildman–Crippen MR) is 80.1 cm³/mol. The molecule has 18 heavy (non-hydrogen) atoms. The molecule has 4 heteroatoms. The molecule has 0 atom stereocenters. The van der Waals surface area contributed by atoms with Crippen molar-refractivity contribution in [3.63, 3.8) is 0 Å². The highest BCUT2D eigenvalue weighted by Crippen LogP contribution is 2.22. The standard InChI is InChI=1S/C14H15NOS2/c1-3-10-4-6-11(7-5-10)15(2)14(16)13-8-12(17)9-18-13/h4-9,17H,3H2,1-2H3. The van der Waals surface area contributed by atoms with Crippen molar-refractivity contribution in [1.29, 1.82) is 0 Å². The van der Waals surface area contributed by atoms with Crippen LogP contribution in [0, 0.1) is 0 Å². The van der Waals surface area contributed by atoms with Gasteiger partial charge in [-0.05, 0) is 30.2 Å². The molecule has 2 aromatic rings. The third-order valence-corrected chi connectivity index (χ3v) is 4.18. The first-order chi connectivity index (χ1) is 8.61. The highest BCUT2D eigenvalue weighted by Gasteiger charge is 2.15. The topological polar surface area (TPSA) is 20.3 Å². The molecule has 0 radical (unpaired) electrons. The number of aryl methyl sites for hydroxylation is 1. The van der Waals surface area contributed by atoms with Crippen molar-refractivity contribution in [1.82, 2.24) is 0 Å². The maximum atomic E-state index is 12.2. The number of anilines is 1. The average molecular weight is 277 g/mol. The van der Waals surface area contributed by atoms with E-state index in [4.69, 9.17) is 0 Å². The molecule has 94 valence electrons. The van der Waals surface area contributed by atoms with E-state index in [1.165, 1.54) is 16.9 Å². The van der Waals surface area contributed by atoms with Crippen LogP contribution in [-0.4, -0.2) is 13.0 Å². The highest BCUT2D eigenvalue weighted by atomic mass is 32.1. The van der Waals surface area contributed by atoms with Crippen molar-refractivity contribution in [2.75, 3.05) is 11.9 Å². The summed E-state index contributed by atoms with van der Waals surface area (Å²) < 4.78 is 0. The summed E-state index contributed by atoms with van der Waals surface area (Å²) in [5.74, 6) is 0.00421. The second-order valence-corrected chi connectivity index (χ2v) is 5.48. The number of carbonyl (C=O) groups is 1. The minimum atomic E-state index is 0.00421. The van der Waals surface area contributed by atoms with Gasteiger partial charge in [0, 0.05) is 23.0 Å². The van der Waals surface area contributed by atoms with E-state index in [9.17, 15) is 4.79 Å². The Labute approximate surface area is 117 Å². The Balaban J connectivity index is 2.19. The predicted octanol–water partition coefficient (Wildman–Crippen LogP) is 3.88. The SMILES string of the molecule is CCc1ccc(N(C)C(=O)c2cc(S)cs2)cc1. The molecule has 2 rings (SSSR count). The number of amides is 1. The number of rotatable bonds is 3. The number of hydrogen-bond acceptors (Lipinski definition) is 3. The monoisotopic (exact) mass is 277 g/mol. The molecule has 0 unspecified atom stereocenters. The molecule has 0 aliphatic carbocycles. The van der Waals surface area contributed by atoms with Crippen LogP contribution in [0.1, 0.15) is 22.2 Å². The maximum Gasteiger partial charge on any atom is 0.268 e. The van der Waals surface area contributed by atoms with E-state index < -0.39 is 0 Å². The fourth-order valence-electron chi connectivity index (χ4n) is 1.68. The highest BCUT2D eigenvalue weighted by molar-refractivity contribution is 7.80. The Morgan fingerprint density at radius 1 is 1.33 bits per heavy atom. The van der Waals surface area contributed by atoms with Crippen LogP contribution < -0.4 is 4.90 Å². The third kappa shape index (κ3) is 2.76. The molecule has 2 nitrogen and oxygen atoms in total. The molecule has 0 fully saturated rings. The van der Waals surface area contributed by atoms with E-state index in [0.717, 1.165) is 17.0 Å². The first-order valence-corrected chi connectivity index (χ1v) is 7.09. The Bertz CT molecular complexity index is 545. The summed E-state index contributed by atoms with van der Waals surface area (Å²) in [6, 6.07) is 9.86. The van der Waals surface area contributed by atoms with Crippen molar-refractivity contribution >= 4 is 35.6 Å². The zero-order valence-electron chi connectivity index (χ0n) is 10.4. The lowest BCUT2D eigenvalue weighted by Gasteiger charge is -2.16. The largest absolute Gasteiger partial charge is 0.311 e. The number of thiol groups is 1. The smallest absolute Gasteiger partial charge is 0.268 e. The lowest BCUT2D eigenvalue weighted by Crippen LogP contribution is -2.25. The Hall–Kier alpha value is -1.26. The van der Waals surface area contributed by atoms with E-state index in [-0.39, 0.29) is 5.91 Å². The number of carbonyl (C=O) groups excluding carboxylic acids is 1. The minimum Gasteiger partial charge on any atom is -0.311 e. The summed E-state index contributed by atoms with van der Waals surface area (Å²) in [5.41, 5.74) is 2.18. The molecule has 1 aromatic heterocycles. The molecule has 0 aliphatic heterocycles. The maximum absolute atomic E-state index is 12.2. The fourth-order valence-corrected chi connectivity index (χ4v) is 2.80. The number of benzene rings is 1. The van der Waals surface area contributed by atoms with Gasteiger partial charge in [-0.2, -0.15) is 0 Å². The van der Waals surface area contributed by atoms with Gasteiger partial charge >= 0.3 is 0 Å². The second-order valence-electron chi connectivity index (χ2n) is 4.05. The number of thiophene rings is 1. The molecule has 0 bridgehead atoms. The van der Waals surface area contributed by atoms with Gasteiger partial charge in [-0.25, -0.2) is 0 Å². The van der Waals surface area contributed by atoms with Gasteiger partial charge in [0.25, 0.3) is 5.91 Å². The van der Waals surface area contributed by atoms with Gasteiger partial charge in [-0.3, -0.25) is 4.79 Å². The van der Waals surface area contributed by atoms with Crippen LogP contribution in [0.25, 0.3) is 0 Å². The van der Waals surface area contributed by atoms with Crippen LogP contribution in [0.3, 0.4) is 0 Å². The summed E-state index contributed by atoms with van der Waals surface area (Å²) in [7, 11) is 1.79. The van der Waals surface area contributed by atoms with E-state index in [2.05, 4.69) is 31.7 Å². The quantitative estimate of drug-likeness (QED) is 0.844. The van der Waals surface area contributed by atoms with Gasteiger partial charge in [0.15, 0.2) is 0 Å². The Morgan fingerprint density at radius 2 is 2.00 bits per heavy atom. The van der Waals surface area contributed by atoms with Crippen LogP contribution in [0.5, 0.6) is 0 Å². The normalized spacial score (nSPS) is 10.4. The van der Waals surface area contributed by atoms with Crippen LogP contribution in [0.2, 0.25) is 0 Å². The van der Waals surface area contributed by atoms with Gasteiger partial charge < -0.3 is 4.90 Å². The van der Waals surface area contributed by atoms with Gasteiger partial charge in [-0.1, -0.05) is 19.1 Å². The first kappa shape index (κ1) is 13.2. The van der Waals surface area contributed by atoms with Crippen molar-refractivity contribution < 1.29 is 4.79 Å². The van der Waals surface area contributed by atoms with Crippen molar-refractivity contribution in [2.45, 2.75) is 18.2 Å². The molecule has 1 amide bonds. The molecular weight excluding hydrogens is 262 g/mol. The van der Waals surface area contributed by atoms with Crippen LogP contribution in [0.4, 0.5) is 5.69 Å². The van der Waals surface area contributed by atoms with Crippen molar-refractivity contribution in [3.05, 3.63) is 46.2 Å². The molecule has 0 saturated carbocycles. The van der Waals surface area contributed by atoms with E-state index in [1.54, 1.807) is 18.0 Å². The first-order valence-electron chi connectivity index (χ1n) is 5.76. The van der Waals surface area contributed by atoms with Crippen LogP contribution in [0.15, 0.2) is 40.6 Å². The molecule has 0 aliphatic rings. The van der Waals surface area contributed by atoms with E-state index in [0.29, 0.717) is 4.88 Å². The molecule has 0 N–H and O–H groups in total. The summed E-state index contributed by atoms with van der Waals surface area (Å²) in [6.45, 7) is 2.11. The summed E-state index contributed by atoms with van der Waals surface area (Å²) >= 11 is 5.64. The van der Waals surface area contributed by atoms with Gasteiger partial charge in [0.1, 0.15) is 0 Å². The Morgan fingerprint density at radius 3 is 2.50 bits per heavy atom. The van der Waals surface area contributed by atoms with Crippen molar-refractivity contribution in [3.8, 4) is 0 Å². The average Bonchev–Trinajstić information content (AvgIpc) is 2.84. The second kappa shape index (κ2) is 5.59. The van der Waals surface area contributed by atoms with Crippen LogP contribution >= 0.6 is 24.0 Å². The number of nitrogens with zero attached hydrogens (tertiary/aromatic N) is 1. The summed E-state index contributed by atoms with van der Waals surface area (Å²) in [6.07, 6.45) is 1.01. The van der Waals surface area contributed by atoms with Crippen LogP contribution in [-0.2, 0) is 6.42 Å². The van der Waals surface area contributed by atoms with E-state index >= 15 is 0 Å². The minimum absolute atomic E-state index is 0.00421. The lowest BCUT2D eigenvalue weighted by atomic mass is 10.1. The number of hydrogen-bond donors (Lipinski definition) is 1. The van der Waals surface area contributed by atoms with Gasteiger partial charge in [0.05, 0.1) is 4.88 Å². The molecule has 1 aromatic carbocycles. The Kier molecular flexibility index (Phi) is 4.09. The molecule has 0 saturated heterocycles. The lowest BCUT2D eigenvalue weighted by molar-refractivity contribution is 0.0996. The summed E-state index contributed by atoms with van der Waals surface area (Å²) in [4.78, 5) is 15.4. The zero-order chi connectivity index (χ0) is 13.1. The van der Waals surface area contributed by atoms with Crippen molar-refractivity contribution in [2.24, 2.45) is 0 Å².